The van der Waals surface area contributed by atoms with E-state index < -0.39 is 11.9 Å². The predicted octanol–water partition coefficient (Wildman–Crippen LogP) is 4.45. The number of aromatic nitrogens is 5. The third-order valence-electron chi connectivity index (χ3n) is 6.05. The van der Waals surface area contributed by atoms with Crippen LogP contribution in [0.3, 0.4) is 0 Å². The first-order valence-corrected chi connectivity index (χ1v) is 11.0. The van der Waals surface area contributed by atoms with Crippen LogP contribution in [0, 0.1) is 28.9 Å². The molecule has 5 rings (SSSR count). The molecule has 0 amide bonds. The average Bonchev–Trinajstić information content (AvgIpc) is 3.51. The average molecular weight is 461 g/mol. The number of piperidine rings is 1. The molecule has 0 aliphatic carbocycles. The van der Waals surface area contributed by atoms with Gasteiger partial charge in [0.1, 0.15) is 29.5 Å². The molecule has 4 heterocycles. The van der Waals surface area contributed by atoms with E-state index in [1.165, 1.54) is 12.3 Å². The van der Waals surface area contributed by atoms with Gasteiger partial charge in [-0.15, -0.1) is 0 Å². The monoisotopic (exact) mass is 461 g/mol. The number of nitrogens with zero attached hydrogens (tertiary/aromatic N) is 7. The quantitative estimate of drug-likeness (QED) is 0.433. The largest absolute Gasteiger partial charge is 0.364 e. The number of anilines is 1. The molecule has 1 aliphatic heterocycles. The van der Waals surface area contributed by atoms with E-state index in [4.69, 9.17) is 4.52 Å². The summed E-state index contributed by atoms with van der Waals surface area (Å²) < 4.78 is 35.7. The van der Waals surface area contributed by atoms with E-state index in [2.05, 4.69) is 26.3 Å². The molecule has 2 atom stereocenters. The number of benzene rings is 1. The van der Waals surface area contributed by atoms with Crippen molar-refractivity contribution in [2.24, 2.45) is 5.92 Å². The second-order valence-corrected chi connectivity index (χ2v) is 8.30. The lowest BCUT2D eigenvalue weighted by atomic mass is 9.92. The molecule has 3 aromatic heterocycles. The van der Waals surface area contributed by atoms with E-state index in [1.54, 1.807) is 39.9 Å². The highest BCUT2D eigenvalue weighted by molar-refractivity contribution is 5.63. The maximum Gasteiger partial charge on any atom is 0.184 e. The molecule has 2 unspecified atom stereocenters. The summed E-state index contributed by atoms with van der Waals surface area (Å²) in [4.78, 5) is 10.3. The van der Waals surface area contributed by atoms with Gasteiger partial charge in [-0.25, -0.2) is 18.7 Å². The van der Waals surface area contributed by atoms with Crippen LogP contribution in [0.25, 0.3) is 22.9 Å². The van der Waals surface area contributed by atoms with Crippen LogP contribution in [0.1, 0.15) is 25.3 Å². The second-order valence-electron chi connectivity index (χ2n) is 8.30. The van der Waals surface area contributed by atoms with Crippen LogP contribution < -0.4 is 4.90 Å². The summed E-state index contributed by atoms with van der Waals surface area (Å²) in [5.41, 5.74) is 1.89. The zero-order valence-corrected chi connectivity index (χ0v) is 18.4. The summed E-state index contributed by atoms with van der Waals surface area (Å²) in [5, 5.41) is 18.2. The van der Waals surface area contributed by atoms with Gasteiger partial charge in [-0.05, 0) is 30.9 Å². The van der Waals surface area contributed by atoms with Crippen molar-refractivity contribution in [3.8, 4) is 29.0 Å². The maximum absolute atomic E-state index is 14.8. The standard InChI is InChI=1S/C24H21F2N7O/c1-15-5-4-9-32(22(15)12-27)24-18(26)13-28-23(29-24)20-11-21(19-8-10-34-31-19)33(30-20)14-16-6-2-3-7-17(16)25/h2-3,6-8,10-11,13,15,22H,4-5,9,14H2,1H3. The van der Waals surface area contributed by atoms with Gasteiger partial charge < -0.3 is 9.42 Å². The number of nitriles is 1. The normalized spacial score (nSPS) is 18.1. The first-order chi connectivity index (χ1) is 16.5. The highest BCUT2D eigenvalue weighted by atomic mass is 19.1. The summed E-state index contributed by atoms with van der Waals surface area (Å²) in [6, 6.07) is 11.6. The van der Waals surface area contributed by atoms with Crippen LogP contribution in [-0.2, 0) is 6.54 Å². The van der Waals surface area contributed by atoms with Crippen LogP contribution in [-0.4, -0.2) is 37.5 Å². The molecule has 10 heteroatoms. The Morgan fingerprint density at radius 3 is 2.79 bits per heavy atom. The summed E-state index contributed by atoms with van der Waals surface area (Å²) in [5.74, 6) is -0.582. The van der Waals surface area contributed by atoms with Gasteiger partial charge in [0.05, 0.1) is 24.5 Å². The Labute approximate surface area is 194 Å². The number of halogens is 2. The van der Waals surface area contributed by atoms with E-state index in [9.17, 15) is 14.0 Å². The summed E-state index contributed by atoms with van der Waals surface area (Å²) >= 11 is 0. The maximum atomic E-state index is 14.8. The fourth-order valence-corrected chi connectivity index (χ4v) is 4.29. The molecular formula is C24H21F2N7O. The molecule has 1 aromatic carbocycles. The van der Waals surface area contributed by atoms with Crippen molar-refractivity contribution in [3.63, 3.8) is 0 Å². The first-order valence-electron chi connectivity index (χ1n) is 11.0. The zero-order chi connectivity index (χ0) is 23.7. The van der Waals surface area contributed by atoms with Crippen molar-refractivity contribution < 1.29 is 13.3 Å². The lowest BCUT2D eigenvalue weighted by molar-refractivity contribution is 0.388. The molecule has 172 valence electrons. The Morgan fingerprint density at radius 1 is 1.18 bits per heavy atom. The molecule has 0 saturated carbocycles. The van der Waals surface area contributed by atoms with Crippen LogP contribution in [0.5, 0.6) is 0 Å². The summed E-state index contributed by atoms with van der Waals surface area (Å²) in [7, 11) is 0. The molecule has 1 saturated heterocycles. The third kappa shape index (κ3) is 4.01. The highest BCUT2D eigenvalue weighted by Gasteiger charge is 2.31. The van der Waals surface area contributed by atoms with Crippen molar-refractivity contribution in [3.05, 3.63) is 66.1 Å². The minimum atomic E-state index is -0.597. The lowest BCUT2D eigenvalue weighted by Gasteiger charge is -2.36. The van der Waals surface area contributed by atoms with E-state index in [1.807, 2.05) is 6.92 Å². The lowest BCUT2D eigenvalue weighted by Crippen LogP contribution is -2.44. The molecule has 0 bridgehead atoms. The van der Waals surface area contributed by atoms with Gasteiger partial charge in [0, 0.05) is 18.2 Å². The van der Waals surface area contributed by atoms with Gasteiger partial charge >= 0.3 is 0 Å². The van der Waals surface area contributed by atoms with E-state index in [-0.39, 0.29) is 29.9 Å². The topological polar surface area (TPSA) is 96.7 Å². The molecule has 8 nitrogen and oxygen atoms in total. The Balaban J connectivity index is 1.56. The fraction of sp³-hybridized carbons (Fsp3) is 0.292. The molecule has 4 aromatic rings. The van der Waals surface area contributed by atoms with Gasteiger partial charge in [0.25, 0.3) is 0 Å². The Hall–Kier alpha value is -4.13. The van der Waals surface area contributed by atoms with Crippen LogP contribution in [0.4, 0.5) is 14.6 Å². The Morgan fingerprint density at radius 2 is 2.03 bits per heavy atom. The molecule has 34 heavy (non-hydrogen) atoms. The first kappa shape index (κ1) is 21.7. The van der Waals surface area contributed by atoms with Crippen LogP contribution >= 0.6 is 0 Å². The highest BCUT2D eigenvalue weighted by Crippen LogP contribution is 2.31. The molecule has 0 spiro atoms. The molecule has 1 aliphatic rings. The van der Waals surface area contributed by atoms with E-state index in [0.717, 1.165) is 19.0 Å². The smallest absolute Gasteiger partial charge is 0.184 e. The van der Waals surface area contributed by atoms with Gasteiger partial charge in [-0.3, -0.25) is 4.68 Å². The van der Waals surface area contributed by atoms with Crippen LogP contribution in [0.15, 0.2) is 53.4 Å². The van der Waals surface area contributed by atoms with Crippen molar-refractivity contribution in [2.45, 2.75) is 32.4 Å². The van der Waals surface area contributed by atoms with Gasteiger partial charge in [-0.2, -0.15) is 10.4 Å². The molecule has 0 radical (unpaired) electrons. The van der Waals surface area contributed by atoms with Crippen molar-refractivity contribution in [2.75, 3.05) is 11.4 Å². The Bertz CT molecular complexity index is 1350. The van der Waals surface area contributed by atoms with E-state index >= 15 is 0 Å². The van der Waals surface area contributed by atoms with Crippen molar-refractivity contribution in [1.82, 2.24) is 24.9 Å². The van der Waals surface area contributed by atoms with Gasteiger partial charge in [0.2, 0.25) is 0 Å². The Kier molecular flexibility index (Phi) is 5.76. The summed E-state index contributed by atoms with van der Waals surface area (Å²) in [6.45, 7) is 2.65. The second kappa shape index (κ2) is 9.02. The third-order valence-corrected chi connectivity index (χ3v) is 6.05. The zero-order valence-electron chi connectivity index (χ0n) is 18.4. The molecule has 0 N–H and O–H groups in total. The fourth-order valence-electron chi connectivity index (χ4n) is 4.29. The number of hydrogen-bond donors (Lipinski definition) is 0. The van der Waals surface area contributed by atoms with Gasteiger partial charge in [0.15, 0.2) is 17.5 Å². The predicted molar refractivity (Wildman–Crippen MR) is 119 cm³/mol. The number of rotatable bonds is 5. The number of hydrogen-bond acceptors (Lipinski definition) is 7. The van der Waals surface area contributed by atoms with Crippen molar-refractivity contribution >= 4 is 5.82 Å². The minimum Gasteiger partial charge on any atom is -0.364 e. The molecular weight excluding hydrogens is 440 g/mol. The SMILES string of the molecule is CC1CCCN(c2nc(-c3cc(-c4ccon4)n(Cc4ccccc4F)n3)ncc2F)C1C#N. The van der Waals surface area contributed by atoms with Gasteiger partial charge in [-0.1, -0.05) is 30.3 Å². The van der Waals surface area contributed by atoms with Crippen LogP contribution in [0.2, 0.25) is 0 Å². The summed E-state index contributed by atoms with van der Waals surface area (Å²) in [6.07, 6.45) is 4.26. The van der Waals surface area contributed by atoms with E-state index in [0.29, 0.717) is 29.2 Å². The van der Waals surface area contributed by atoms with Crippen molar-refractivity contribution in [1.29, 1.82) is 5.26 Å². The molecule has 1 fully saturated rings. The minimum absolute atomic E-state index is 0.0785.